The number of rotatable bonds is 6. The average Bonchev–Trinajstić information content (AvgIpc) is 2.75. The third-order valence-electron chi connectivity index (χ3n) is 4.74. The molecular weight excluding hydrogens is 376 g/mol. The van der Waals surface area contributed by atoms with Gasteiger partial charge in [0.25, 0.3) is 0 Å². The van der Waals surface area contributed by atoms with Gasteiger partial charge in [0.05, 0.1) is 6.42 Å². The Morgan fingerprint density at radius 3 is 2.40 bits per heavy atom. The fourth-order valence-corrected chi connectivity index (χ4v) is 3.30. The van der Waals surface area contributed by atoms with Crippen LogP contribution >= 0.6 is 0 Å². The van der Waals surface area contributed by atoms with Gasteiger partial charge < -0.3 is 14.9 Å². The molecule has 0 heterocycles. The van der Waals surface area contributed by atoms with Crippen molar-refractivity contribution in [2.24, 2.45) is 0 Å². The Morgan fingerprint density at radius 2 is 1.67 bits per heavy atom. The molecule has 2 N–H and O–H groups in total. The van der Waals surface area contributed by atoms with Gasteiger partial charge in [-0.1, -0.05) is 60.7 Å². The Hall–Kier alpha value is -4.05. The molecule has 4 heteroatoms. The van der Waals surface area contributed by atoms with Crippen LogP contribution < -0.4 is 4.74 Å². The first-order chi connectivity index (χ1) is 14.6. The molecule has 4 aromatic rings. The van der Waals surface area contributed by atoms with Crippen LogP contribution in [0.25, 0.3) is 28.0 Å². The number of ether oxygens (including phenoxy) is 1. The van der Waals surface area contributed by atoms with Crippen LogP contribution in [0.1, 0.15) is 12.0 Å². The van der Waals surface area contributed by atoms with Crippen molar-refractivity contribution < 1.29 is 19.7 Å². The normalized spacial score (nSPS) is 11.1. The van der Waals surface area contributed by atoms with Crippen molar-refractivity contribution in [3.63, 3.8) is 0 Å². The van der Waals surface area contributed by atoms with Crippen molar-refractivity contribution in [3.8, 4) is 28.4 Å². The smallest absolute Gasteiger partial charge is 0.307 e. The lowest BCUT2D eigenvalue weighted by atomic mass is 9.99. The summed E-state index contributed by atoms with van der Waals surface area (Å²) in [6.45, 7) is 0. The van der Waals surface area contributed by atoms with Crippen LogP contribution in [0.3, 0.4) is 0 Å². The SMILES string of the molecule is O=C(O)CC=Cc1ccc(Oc2c(-c3ccccc3)ccc3cc(O)ccc23)cc1. The predicted octanol–water partition coefficient (Wildman–Crippen LogP) is 6.49. The van der Waals surface area contributed by atoms with Crippen LogP contribution in [0.4, 0.5) is 0 Å². The standard InChI is InChI=1S/C26H20O4/c27-21-12-16-24-20(17-21)11-15-23(19-6-2-1-3-7-19)26(24)30-22-13-9-18(10-14-22)5-4-8-25(28)29/h1-7,9-17,27H,8H2,(H,28,29). The van der Waals surface area contributed by atoms with Gasteiger partial charge in [-0.3, -0.25) is 4.79 Å². The Labute approximate surface area is 174 Å². The summed E-state index contributed by atoms with van der Waals surface area (Å²) in [6.07, 6.45) is 3.37. The van der Waals surface area contributed by atoms with Gasteiger partial charge >= 0.3 is 5.97 Å². The molecule has 4 aromatic carbocycles. The van der Waals surface area contributed by atoms with Crippen LogP contribution in [-0.4, -0.2) is 16.2 Å². The number of aliphatic carboxylic acids is 1. The highest BCUT2D eigenvalue weighted by Gasteiger charge is 2.12. The molecule has 0 unspecified atom stereocenters. The molecule has 0 amide bonds. The van der Waals surface area contributed by atoms with Crippen molar-refractivity contribution in [2.45, 2.75) is 6.42 Å². The number of carbonyl (C=O) groups is 1. The molecule has 0 fully saturated rings. The van der Waals surface area contributed by atoms with Crippen LogP contribution in [0.15, 0.2) is 91.0 Å². The van der Waals surface area contributed by atoms with E-state index >= 15 is 0 Å². The zero-order valence-corrected chi connectivity index (χ0v) is 16.2. The molecule has 148 valence electrons. The summed E-state index contributed by atoms with van der Waals surface area (Å²) in [4.78, 5) is 10.6. The highest BCUT2D eigenvalue weighted by Crippen LogP contribution is 2.40. The quantitative estimate of drug-likeness (QED) is 0.391. The molecule has 0 spiro atoms. The van der Waals surface area contributed by atoms with Crippen molar-refractivity contribution in [3.05, 3.63) is 96.6 Å². The lowest BCUT2D eigenvalue weighted by Crippen LogP contribution is -1.91. The molecular formula is C26H20O4. The summed E-state index contributed by atoms with van der Waals surface area (Å²) in [5.74, 6) is 0.732. The van der Waals surface area contributed by atoms with Crippen molar-refractivity contribution in [1.29, 1.82) is 0 Å². The topological polar surface area (TPSA) is 66.8 Å². The maximum Gasteiger partial charge on any atom is 0.307 e. The number of carboxylic acids is 1. The van der Waals surface area contributed by atoms with E-state index in [1.807, 2.05) is 72.8 Å². The molecule has 4 rings (SSSR count). The van der Waals surface area contributed by atoms with E-state index in [4.69, 9.17) is 9.84 Å². The summed E-state index contributed by atoms with van der Waals surface area (Å²) in [5, 5.41) is 20.4. The zero-order chi connectivity index (χ0) is 20.9. The minimum atomic E-state index is -0.860. The minimum Gasteiger partial charge on any atom is -0.508 e. The first-order valence-electron chi connectivity index (χ1n) is 9.57. The van der Waals surface area contributed by atoms with E-state index in [0.29, 0.717) is 11.5 Å². The third-order valence-corrected chi connectivity index (χ3v) is 4.74. The number of hydrogen-bond donors (Lipinski definition) is 2. The summed E-state index contributed by atoms with van der Waals surface area (Å²) in [6, 6.07) is 26.7. The largest absolute Gasteiger partial charge is 0.508 e. The number of phenols is 1. The molecule has 0 radical (unpaired) electrons. The summed E-state index contributed by atoms with van der Waals surface area (Å²) < 4.78 is 6.31. The van der Waals surface area contributed by atoms with Gasteiger partial charge in [0.1, 0.15) is 17.2 Å². The molecule has 4 nitrogen and oxygen atoms in total. The van der Waals surface area contributed by atoms with Gasteiger partial charge in [0.15, 0.2) is 0 Å². The maximum atomic E-state index is 10.6. The van der Waals surface area contributed by atoms with Gasteiger partial charge in [-0.15, -0.1) is 0 Å². The van der Waals surface area contributed by atoms with Gasteiger partial charge in [0, 0.05) is 10.9 Å². The Bertz CT molecular complexity index is 1210. The molecule has 0 bridgehead atoms. The zero-order valence-electron chi connectivity index (χ0n) is 16.2. The first-order valence-corrected chi connectivity index (χ1v) is 9.57. The summed E-state index contributed by atoms with van der Waals surface area (Å²) >= 11 is 0. The summed E-state index contributed by atoms with van der Waals surface area (Å²) in [7, 11) is 0. The van der Waals surface area contributed by atoms with E-state index in [-0.39, 0.29) is 12.2 Å². The maximum absolute atomic E-state index is 10.6. The molecule has 0 saturated carbocycles. The van der Waals surface area contributed by atoms with Crippen LogP contribution in [0, 0.1) is 0 Å². The van der Waals surface area contributed by atoms with E-state index < -0.39 is 5.97 Å². The van der Waals surface area contributed by atoms with Crippen LogP contribution in [-0.2, 0) is 4.79 Å². The van der Waals surface area contributed by atoms with Gasteiger partial charge in [0.2, 0.25) is 0 Å². The van der Waals surface area contributed by atoms with Gasteiger partial charge in [-0.25, -0.2) is 0 Å². The molecule has 0 aromatic heterocycles. The number of hydrogen-bond acceptors (Lipinski definition) is 3. The molecule has 0 aliphatic rings. The number of phenolic OH excluding ortho intramolecular Hbond substituents is 1. The number of fused-ring (bicyclic) bond motifs is 1. The van der Waals surface area contributed by atoms with Crippen LogP contribution in [0.2, 0.25) is 0 Å². The van der Waals surface area contributed by atoms with E-state index in [0.717, 1.165) is 27.5 Å². The number of benzene rings is 4. The fraction of sp³-hybridized carbons (Fsp3) is 0.0385. The lowest BCUT2D eigenvalue weighted by Gasteiger charge is -2.15. The monoisotopic (exact) mass is 396 g/mol. The number of aromatic hydroxyl groups is 1. The molecule has 0 saturated heterocycles. The predicted molar refractivity (Wildman–Crippen MR) is 119 cm³/mol. The summed E-state index contributed by atoms with van der Waals surface area (Å²) in [5.41, 5.74) is 2.89. The molecule has 0 aliphatic carbocycles. The van der Waals surface area contributed by atoms with Crippen LogP contribution in [0.5, 0.6) is 17.2 Å². The van der Waals surface area contributed by atoms with E-state index in [2.05, 4.69) is 0 Å². The van der Waals surface area contributed by atoms with E-state index in [1.54, 1.807) is 24.3 Å². The third kappa shape index (κ3) is 4.33. The van der Waals surface area contributed by atoms with Crippen molar-refractivity contribution >= 4 is 22.8 Å². The van der Waals surface area contributed by atoms with Crippen molar-refractivity contribution in [1.82, 2.24) is 0 Å². The minimum absolute atomic E-state index is 0.0124. The molecule has 30 heavy (non-hydrogen) atoms. The second-order valence-electron chi connectivity index (χ2n) is 6.89. The van der Waals surface area contributed by atoms with E-state index in [1.165, 1.54) is 0 Å². The lowest BCUT2D eigenvalue weighted by molar-refractivity contribution is -0.135. The highest BCUT2D eigenvalue weighted by atomic mass is 16.5. The second kappa shape index (κ2) is 8.53. The number of carboxylic acid groups (broad SMARTS) is 1. The Balaban J connectivity index is 1.72. The van der Waals surface area contributed by atoms with E-state index in [9.17, 15) is 9.90 Å². The second-order valence-corrected chi connectivity index (χ2v) is 6.89. The average molecular weight is 396 g/mol. The Morgan fingerprint density at radius 1 is 0.900 bits per heavy atom. The fourth-order valence-electron chi connectivity index (χ4n) is 3.30. The van der Waals surface area contributed by atoms with Crippen molar-refractivity contribution in [2.75, 3.05) is 0 Å². The molecule has 0 atom stereocenters. The Kier molecular flexibility index (Phi) is 5.48. The van der Waals surface area contributed by atoms with Gasteiger partial charge in [-0.05, 0) is 52.9 Å². The highest BCUT2D eigenvalue weighted by molar-refractivity contribution is 5.96. The van der Waals surface area contributed by atoms with Gasteiger partial charge in [-0.2, -0.15) is 0 Å². The molecule has 0 aliphatic heterocycles. The first kappa shape index (κ1) is 19.3.